The van der Waals surface area contributed by atoms with Crippen LogP contribution in [0.5, 0.6) is 0 Å². The summed E-state index contributed by atoms with van der Waals surface area (Å²) in [5.41, 5.74) is 1.30. The van der Waals surface area contributed by atoms with Gasteiger partial charge in [0.1, 0.15) is 0 Å². The highest BCUT2D eigenvalue weighted by Crippen LogP contribution is 2.24. The Labute approximate surface area is 121 Å². The summed E-state index contributed by atoms with van der Waals surface area (Å²) in [5.74, 6) is -0.935. The van der Waals surface area contributed by atoms with E-state index in [0.29, 0.717) is 11.1 Å². The lowest BCUT2D eigenvalue weighted by molar-refractivity contribution is -0.137. The number of nitrogens with one attached hydrogen (secondary N) is 1. The summed E-state index contributed by atoms with van der Waals surface area (Å²) in [5, 5.41) is 8.50. The van der Waals surface area contributed by atoms with Crippen LogP contribution in [-0.2, 0) is 14.8 Å². The topological polar surface area (TPSA) is 83.5 Å². The molecule has 7 heteroatoms. The minimum atomic E-state index is -3.60. The molecule has 106 valence electrons. The van der Waals surface area contributed by atoms with E-state index in [1.807, 2.05) is 0 Å². The third kappa shape index (κ3) is 4.59. The monoisotopic (exact) mass is 349 g/mol. The average molecular weight is 350 g/mol. The molecule has 0 aliphatic heterocycles. The summed E-state index contributed by atoms with van der Waals surface area (Å²) < 4.78 is 27.6. The van der Waals surface area contributed by atoms with Crippen molar-refractivity contribution in [2.45, 2.75) is 31.6 Å². The Morgan fingerprint density at radius 3 is 2.32 bits per heavy atom. The smallest absolute Gasteiger partial charge is 0.303 e. The van der Waals surface area contributed by atoms with E-state index in [1.54, 1.807) is 26.0 Å². The largest absolute Gasteiger partial charge is 0.481 e. The molecule has 0 aliphatic rings. The highest BCUT2D eigenvalue weighted by Gasteiger charge is 2.19. The lowest BCUT2D eigenvalue weighted by atomic mass is 10.2. The van der Waals surface area contributed by atoms with Crippen LogP contribution in [-0.4, -0.2) is 26.0 Å². The van der Waals surface area contributed by atoms with Crippen LogP contribution in [0, 0.1) is 13.8 Å². The highest BCUT2D eigenvalue weighted by atomic mass is 79.9. The summed E-state index contributed by atoms with van der Waals surface area (Å²) in [6, 6.07) is 3.47. The van der Waals surface area contributed by atoms with Crippen molar-refractivity contribution in [1.82, 2.24) is 4.72 Å². The maximum absolute atomic E-state index is 12.2. The Morgan fingerprint density at radius 2 is 1.84 bits per heavy atom. The van der Waals surface area contributed by atoms with Gasteiger partial charge in [-0.1, -0.05) is 15.9 Å². The molecule has 0 spiro atoms. The van der Waals surface area contributed by atoms with Crippen molar-refractivity contribution < 1.29 is 18.3 Å². The second-order valence-electron chi connectivity index (χ2n) is 4.26. The molecule has 2 N–H and O–H groups in total. The molecule has 0 atom stereocenters. The number of benzene rings is 1. The molecule has 1 aromatic carbocycles. The summed E-state index contributed by atoms with van der Waals surface area (Å²) >= 11 is 3.31. The molecule has 0 fully saturated rings. The Morgan fingerprint density at radius 1 is 1.32 bits per heavy atom. The standard InChI is InChI=1S/C12H16BrNO4S/c1-8-6-10(13)7-9(2)12(8)19(17,18)14-5-3-4-11(15)16/h6-7,14H,3-5H2,1-2H3,(H,15,16). The molecule has 0 saturated carbocycles. The number of halogens is 1. The van der Waals surface area contributed by atoms with Crippen LogP contribution in [0.1, 0.15) is 24.0 Å². The molecule has 0 saturated heterocycles. The first-order valence-corrected chi connectivity index (χ1v) is 8.00. The van der Waals surface area contributed by atoms with Gasteiger partial charge < -0.3 is 5.11 Å². The zero-order chi connectivity index (χ0) is 14.6. The van der Waals surface area contributed by atoms with E-state index < -0.39 is 16.0 Å². The number of carboxylic acids is 1. The average Bonchev–Trinajstić information content (AvgIpc) is 2.22. The summed E-state index contributed by atoms with van der Waals surface area (Å²) in [4.78, 5) is 10.6. The lowest BCUT2D eigenvalue weighted by Crippen LogP contribution is -2.26. The number of sulfonamides is 1. The fourth-order valence-corrected chi connectivity index (χ4v) is 4.05. The molecule has 0 aliphatic carbocycles. The number of carboxylic acid groups (broad SMARTS) is 1. The Bertz CT molecular complexity index is 560. The highest BCUT2D eigenvalue weighted by molar-refractivity contribution is 9.10. The van der Waals surface area contributed by atoms with E-state index in [2.05, 4.69) is 20.7 Å². The number of hydrogen-bond donors (Lipinski definition) is 2. The Kier molecular flexibility index (Phi) is 5.51. The summed E-state index contributed by atoms with van der Waals surface area (Å²) in [7, 11) is -3.60. The zero-order valence-electron chi connectivity index (χ0n) is 10.7. The normalized spacial score (nSPS) is 11.5. The maximum atomic E-state index is 12.2. The van der Waals surface area contributed by atoms with Gasteiger partial charge in [-0.05, 0) is 43.5 Å². The van der Waals surface area contributed by atoms with Crippen LogP contribution < -0.4 is 4.72 Å². The second-order valence-corrected chi connectivity index (χ2v) is 6.88. The number of hydrogen-bond acceptors (Lipinski definition) is 3. The van der Waals surface area contributed by atoms with Crippen LogP contribution in [0.4, 0.5) is 0 Å². The van der Waals surface area contributed by atoms with Crippen molar-refractivity contribution in [3.8, 4) is 0 Å². The number of rotatable bonds is 6. The van der Waals surface area contributed by atoms with Gasteiger partial charge >= 0.3 is 5.97 Å². The zero-order valence-corrected chi connectivity index (χ0v) is 13.1. The van der Waals surface area contributed by atoms with Crippen LogP contribution >= 0.6 is 15.9 Å². The fourth-order valence-electron chi connectivity index (χ4n) is 1.84. The van der Waals surface area contributed by atoms with Gasteiger partial charge in [-0.2, -0.15) is 0 Å². The minimum absolute atomic E-state index is 0.0547. The lowest BCUT2D eigenvalue weighted by Gasteiger charge is -2.12. The molecule has 0 radical (unpaired) electrons. The molecule has 0 amide bonds. The SMILES string of the molecule is Cc1cc(Br)cc(C)c1S(=O)(=O)NCCCC(=O)O. The summed E-state index contributed by atoms with van der Waals surface area (Å²) in [6.07, 6.45) is 0.212. The predicted molar refractivity (Wildman–Crippen MR) is 75.7 cm³/mol. The van der Waals surface area contributed by atoms with Crippen molar-refractivity contribution in [2.24, 2.45) is 0 Å². The number of aliphatic carboxylic acids is 1. The van der Waals surface area contributed by atoms with Gasteiger partial charge in [0.2, 0.25) is 10.0 Å². The van der Waals surface area contributed by atoms with E-state index in [9.17, 15) is 13.2 Å². The van der Waals surface area contributed by atoms with Gasteiger partial charge in [0.25, 0.3) is 0 Å². The van der Waals surface area contributed by atoms with Gasteiger partial charge in [0, 0.05) is 17.4 Å². The predicted octanol–water partition coefficient (Wildman–Crippen LogP) is 2.21. The number of aryl methyl sites for hydroxylation is 2. The van der Waals surface area contributed by atoms with Crippen LogP contribution in [0.3, 0.4) is 0 Å². The molecular formula is C12H16BrNO4S. The van der Waals surface area contributed by atoms with Gasteiger partial charge in [-0.3, -0.25) is 4.79 Å². The van der Waals surface area contributed by atoms with Crippen molar-refractivity contribution >= 4 is 31.9 Å². The minimum Gasteiger partial charge on any atom is -0.481 e. The van der Waals surface area contributed by atoms with Crippen molar-refractivity contribution in [3.05, 3.63) is 27.7 Å². The van der Waals surface area contributed by atoms with E-state index in [4.69, 9.17) is 5.11 Å². The van der Waals surface area contributed by atoms with E-state index in [0.717, 1.165) is 4.47 Å². The molecule has 0 unspecified atom stereocenters. The van der Waals surface area contributed by atoms with Crippen LogP contribution in [0.15, 0.2) is 21.5 Å². The maximum Gasteiger partial charge on any atom is 0.303 e. The van der Waals surface area contributed by atoms with Gasteiger partial charge in [-0.25, -0.2) is 13.1 Å². The molecule has 0 bridgehead atoms. The first kappa shape index (κ1) is 16.1. The van der Waals surface area contributed by atoms with Crippen LogP contribution in [0.2, 0.25) is 0 Å². The van der Waals surface area contributed by atoms with Crippen molar-refractivity contribution in [2.75, 3.05) is 6.54 Å². The second kappa shape index (κ2) is 6.49. The van der Waals surface area contributed by atoms with Gasteiger partial charge in [0.05, 0.1) is 4.90 Å². The van der Waals surface area contributed by atoms with Gasteiger partial charge in [-0.15, -0.1) is 0 Å². The quantitative estimate of drug-likeness (QED) is 0.771. The number of carbonyl (C=O) groups is 1. The van der Waals surface area contributed by atoms with E-state index in [-0.39, 0.29) is 24.3 Å². The van der Waals surface area contributed by atoms with Gasteiger partial charge in [0.15, 0.2) is 0 Å². The molecular weight excluding hydrogens is 334 g/mol. The molecule has 1 aromatic rings. The molecule has 19 heavy (non-hydrogen) atoms. The molecule has 0 heterocycles. The van der Waals surface area contributed by atoms with Crippen molar-refractivity contribution in [1.29, 1.82) is 0 Å². The Balaban J connectivity index is 2.86. The summed E-state index contributed by atoms with van der Waals surface area (Å²) in [6.45, 7) is 3.57. The van der Waals surface area contributed by atoms with E-state index >= 15 is 0 Å². The third-order valence-corrected chi connectivity index (χ3v) is 4.78. The van der Waals surface area contributed by atoms with E-state index in [1.165, 1.54) is 0 Å². The Hall–Kier alpha value is -0.920. The molecule has 5 nitrogen and oxygen atoms in total. The van der Waals surface area contributed by atoms with Crippen LogP contribution in [0.25, 0.3) is 0 Å². The fraction of sp³-hybridized carbons (Fsp3) is 0.417. The molecule has 1 rings (SSSR count). The third-order valence-electron chi connectivity index (χ3n) is 2.55. The first-order valence-electron chi connectivity index (χ1n) is 5.72. The molecule has 0 aromatic heterocycles. The first-order chi connectivity index (χ1) is 8.74. The van der Waals surface area contributed by atoms with Crippen molar-refractivity contribution in [3.63, 3.8) is 0 Å².